The van der Waals surface area contributed by atoms with E-state index in [1.54, 1.807) is 0 Å². The molecule has 0 heterocycles. The number of carboxylic acids is 2. The number of benzene rings is 1. The van der Waals surface area contributed by atoms with Crippen LogP contribution in [0.2, 0.25) is 0 Å². The highest BCUT2D eigenvalue weighted by Gasteiger charge is 2.01. The number of hydrogen-bond acceptors (Lipinski definition) is 4. The van der Waals surface area contributed by atoms with Gasteiger partial charge in [0.05, 0.1) is 11.9 Å². The fourth-order valence-corrected chi connectivity index (χ4v) is 0.839. The highest BCUT2D eigenvalue weighted by Crippen LogP contribution is 2.15. The van der Waals surface area contributed by atoms with Gasteiger partial charge in [0.2, 0.25) is 0 Å². The zero-order valence-corrected chi connectivity index (χ0v) is 14.9. The Kier molecular flexibility index (Phi) is 12.6. The van der Waals surface area contributed by atoms with Gasteiger partial charge in [-0.1, -0.05) is 24.3 Å². The van der Waals surface area contributed by atoms with E-state index in [0.29, 0.717) is 0 Å². The van der Waals surface area contributed by atoms with Crippen molar-refractivity contribution in [2.45, 2.75) is 0 Å². The van der Waals surface area contributed by atoms with E-state index in [0.717, 1.165) is 12.1 Å². The van der Waals surface area contributed by atoms with Crippen LogP contribution in [0.25, 0.3) is 0 Å². The summed E-state index contributed by atoms with van der Waals surface area (Å²) >= 11 is 0. The second-order valence-electron chi connectivity index (χ2n) is 5.12. The first-order chi connectivity index (χ1) is 9.09. The van der Waals surface area contributed by atoms with Crippen molar-refractivity contribution in [1.82, 2.24) is 0 Å². The van der Waals surface area contributed by atoms with Gasteiger partial charge in [0, 0.05) is 51.1 Å². The predicted octanol–water partition coefficient (Wildman–Crippen LogP) is 0.594. The lowest BCUT2D eigenvalue weighted by atomic mass is 10.1. The number of carbonyl (C=O) groups is 2. The molecule has 0 aromatic heterocycles. The lowest BCUT2D eigenvalue weighted by molar-refractivity contribution is -0.259. The van der Waals surface area contributed by atoms with Crippen LogP contribution in [0, 0.1) is 0 Å². The average molecular weight is 318 g/mol. The molecule has 0 atom stereocenters. The van der Waals surface area contributed by atoms with Gasteiger partial charge in [0.1, 0.15) is 0 Å². The molecule has 1 aromatic carbocycles. The van der Waals surface area contributed by atoms with E-state index in [9.17, 15) is 19.8 Å². The molecule has 0 saturated heterocycles. The summed E-state index contributed by atoms with van der Waals surface area (Å²) in [6.45, 7) is 13.6. The fourth-order valence-electron chi connectivity index (χ4n) is 0.839. The van der Waals surface area contributed by atoms with Gasteiger partial charge in [-0.3, -0.25) is 0 Å². The quantitative estimate of drug-likeness (QED) is 0.748. The molecule has 0 radical (unpaired) electrons. The maximum atomic E-state index is 10.3. The first kappa shape index (κ1) is 21.3. The molecule has 0 N–H and O–H groups in total. The van der Waals surface area contributed by atoms with Gasteiger partial charge in [0.15, 0.2) is 0 Å². The smallest absolute Gasteiger partial charge is 0.0721 e. The van der Waals surface area contributed by atoms with Crippen molar-refractivity contribution in [3.05, 3.63) is 35.4 Å². The Labute approximate surface area is 123 Å². The lowest BCUT2D eigenvalue weighted by Gasteiger charge is -2.09. The van der Waals surface area contributed by atoms with Crippen LogP contribution in [0.5, 0.6) is 0 Å². The second kappa shape index (κ2) is 11.8. The second-order valence-corrected chi connectivity index (χ2v) is 11.1. The van der Waals surface area contributed by atoms with Crippen molar-refractivity contribution < 1.29 is 19.8 Å². The van der Waals surface area contributed by atoms with Crippen LogP contribution in [0.4, 0.5) is 0 Å². The van der Waals surface area contributed by atoms with Crippen LogP contribution < -0.4 is 10.2 Å². The van der Waals surface area contributed by atoms with Crippen LogP contribution in [0.3, 0.4) is 0 Å². The maximum absolute atomic E-state index is 10.3. The molecular formula is C14H24O4P2. The van der Waals surface area contributed by atoms with E-state index in [1.807, 2.05) is 0 Å². The molecule has 1 aromatic rings. The van der Waals surface area contributed by atoms with E-state index in [2.05, 4.69) is 40.0 Å². The Bertz CT molecular complexity index is 373. The molecule has 114 valence electrons. The molecule has 1 rings (SSSR count). The maximum Gasteiger partial charge on any atom is 0.0721 e. The zero-order valence-electron chi connectivity index (χ0n) is 12.9. The minimum absolute atomic E-state index is 0.120. The Morgan fingerprint density at radius 1 is 0.750 bits per heavy atom. The van der Waals surface area contributed by atoms with Crippen LogP contribution >= 0.6 is 15.8 Å². The van der Waals surface area contributed by atoms with Crippen molar-refractivity contribution >= 4 is 27.8 Å². The molecule has 0 spiro atoms. The zero-order chi connectivity index (χ0) is 16.3. The van der Waals surface area contributed by atoms with Crippen molar-refractivity contribution in [2.75, 3.05) is 40.0 Å². The van der Waals surface area contributed by atoms with Crippen LogP contribution in [-0.4, -0.2) is 51.9 Å². The third kappa shape index (κ3) is 13.5. The third-order valence-corrected chi connectivity index (χ3v) is 1.37. The highest BCUT2D eigenvalue weighted by molar-refractivity contribution is 7.55. The number of aromatic carboxylic acids is 2. The summed E-state index contributed by atoms with van der Waals surface area (Å²) < 4.78 is 0. The Balaban J connectivity index is 0. The van der Waals surface area contributed by atoms with Gasteiger partial charge < -0.3 is 19.8 Å². The number of carbonyl (C=O) groups excluding carboxylic acids is 2. The van der Waals surface area contributed by atoms with Crippen LogP contribution in [0.1, 0.15) is 20.7 Å². The van der Waals surface area contributed by atoms with Gasteiger partial charge in [-0.2, -0.15) is 0 Å². The first-order valence-electron chi connectivity index (χ1n) is 6.14. The summed E-state index contributed by atoms with van der Waals surface area (Å²) in [5.41, 5.74) is -0.727. The van der Waals surface area contributed by atoms with Crippen LogP contribution in [0.15, 0.2) is 24.3 Å². The molecule has 0 bridgehead atoms. The topological polar surface area (TPSA) is 80.3 Å². The first-order valence-corrected chi connectivity index (χ1v) is 12.1. The summed E-state index contributed by atoms with van der Waals surface area (Å²) in [6, 6.07) is 5.14. The molecule has 0 aliphatic rings. The molecule has 20 heavy (non-hydrogen) atoms. The number of hydrogen-bond donors (Lipinski definition) is 0. The summed E-state index contributed by atoms with van der Waals surface area (Å²) in [6.07, 6.45) is 0. The van der Waals surface area contributed by atoms with E-state index in [1.165, 1.54) is 12.1 Å². The fraction of sp³-hybridized carbons (Fsp3) is 0.429. The molecule has 4 nitrogen and oxygen atoms in total. The number of rotatable bonds is 2. The molecule has 6 heteroatoms. The molecule has 0 saturated carbocycles. The minimum atomic E-state index is -1.52. The molecule has 0 aliphatic heterocycles. The van der Waals surface area contributed by atoms with E-state index in [4.69, 9.17) is 0 Å². The molecule has 0 unspecified atom stereocenters. The third-order valence-electron chi connectivity index (χ3n) is 1.37. The van der Waals surface area contributed by atoms with Crippen molar-refractivity contribution in [3.63, 3.8) is 0 Å². The van der Waals surface area contributed by atoms with Gasteiger partial charge in [-0.15, -0.1) is 0 Å². The Morgan fingerprint density at radius 2 is 0.950 bits per heavy atom. The molecule has 0 aliphatic carbocycles. The average Bonchev–Trinajstić information content (AvgIpc) is 2.27. The van der Waals surface area contributed by atoms with Crippen molar-refractivity contribution in [3.8, 4) is 0 Å². The predicted molar refractivity (Wildman–Crippen MR) is 87.3 cm³/mol. The summed E-state index contributed by atoms with van der Waals surface area (Å²) in [7, 11) is 0.241. The highest BCUT2D eigenvalue weighted by atomic mass is 31.1. The normalized spacial score (nSPS) is 9.20. The molecule has 0 amide bonds. The summed E-state index contributed by atoms with van der Waals surface area (Å²) in [4.78, 5) is 20.6. The largest absolute Gasteiger partial charge is 0.545 e. The van der Waals surface area contributed by atoms with E-state index >= 15 is 0 Å². The van der Waals surface area contributed by atoms with Gasteiger partial charge in [-0.05, 0) is 15.8 Å². The van der Waals surface area contributed by atoms with Crippen molar-refractivity contribution in [1.29, 1.82) is 0 Å². The van der Waals surface area contributed by atoms with E-state index < -0.39 is 11.9 Å². The minimum Gasteiger partial charge on any atom is -0.545 e. The van der Waals surface area contributed by atoms with Gasteiger partial charge in [0.25, 0.3) is 0 Å². The van der Waals surface area contributed by atoms with Gasteiger partial charge in [-0.25, -0.2) is 0 Å². The summed E-state index contributed by atoms with van der Waals surface area (Å²) in [5.74, 6) is -3.04. The monoisotopic (exact) mass is 318 g/mol. The van der Waals surface area contributed by atoms with Gasteiger partial charge >= 0.3 is 0 Å². The Hall–Kier alpha value is -0.980. The Morgan fingerprint density at radius 3 is 1.10 bits per heavy atom. The van der Waals surface area contributed by atoms with Crippen molar-refractivity contribution in [2.24, 2.45) is 0 Å². The summed E-state index contributed by atoms with van der Waals surface area (Å²) in [5, 5.41) is 20.6. The number of carboxylic acid groups (broad SMARTS) is 2. The molecular weight excluding hydrogens is 294 g/mol. The standard InChI is InChI=1S/C8H6O4.2C3H9P/c9-7(10)5-3-1-2-4-6(5)8(11)12;2*1-4(2)3/h1-4H,(H,9,10)(H,11,12);2*1-3H3. The van der Waals surface area contributed by atoms with Crippen LogP contribution in [-0.2, 0) is 0 Å². The molecule has 0 fully saturated rings. The van der Waals surface area contributed by atoms with E-state index in [-0.39, 0.29) is 27.0 Å². The SMILES string of the molecule is C[PH+](C)C.C[PH+](C)C.O=C([O-])c1ccccc1C(=O)[O-]. The lowest BCUT2D eigenvalue weighted by Crippen LogP contribution is -2.29.